The van der Waals surface area contributed by atoms with Gasteiger partial charge in [0.25, 0.3) is 5.91 Å². The van der Waals surface area contributed by atoms with Crippen LogP contribution in [0, 0.1) is 11.3 Å². The molecule has 1 fully saturated rings. The molecular formula is C12H12N2O. The number of nitriles is 1. The van der Waals surface area contributed by atoms with E-state index in [-0.39, 0.29) is 18.5 Å². The Kier molecular flexibility index (Phi) is 2.68. The molecule has 0 aromatic heterocycles. The summed E-state index contributed by atoms with van der Waals surface area (Å²) in [6.07, 6.45) is 2.06. The van der Waals surface area contributed by atoms with Crippen LogP contribution in [0.1, 0.15) is 23.2 Å². The second-order valence-corrected chi connectivity index (χ2v) is 3.69. The Labute approximate surface area is 88.9 Å². The van der Waals surface area contributed by atoms with Gasteiger partial charge >= 0.3 is 0 Å². The first-order chi connectivity index (χ1) is 7.33. The molecule has 0 atom stereocenters. The maximum atomic E-state index is 12.0. The predicted octanol–water partition coefficient (Wildman–Crippen LogP) is 1.81. The second-order valence-electron chi connectivity index (χ2n) is 3.69. The second kappa shape index (κ2) is 4.14. The first kappa shape index (κ1) is 9.72. The van der Waals surface area contributed by atoms with Gasteiger partial charge in [-0.15, -0.1) is 0 Å². The van der Waals surface area contributed by atoms with Crippen molar-refractivity contribution in [3.63, 3.8) is 0 Å². The summed E-state index contributed by atoms with van der Waals surface area (Å²) in [7, 11) is 0. The van der Waals surface area contributed by atoms with E-state index >= 15 is 0 Å². The predicted molar refractivity (Wildman–Crippen MR) is 56.1 cm³/mol. The number of nitrogens with zero attached hydrogens (tertiary/aromatic N) is 2. The lowest BCUT2D eigenvalue weighted by Gasteiger charge is -2.18. The molecule has 0 unspecified atom stereocenters. The molecule has 1 aliphatic rings. The standard InChI is InChI=1S/C12H12N2O/c13-8-9-14(11-6-7-11)12(15)10-4-2-1-3-5-10/h1-5,11H,6-7,9H2. The lowest BCUT2D eigenvalue weighted by Crippen LogP contribution is -2.33. The third kappa shape index (κ3) is 2.16. The Hall–Kier alpha value is -1.82. The molecule has 0 N–H and O–H groups in total. The molecule has 1 amide bonds. The highest BCUT2D eigenvalue weighted by molar-refractivity contribution is 5.94. The van der Waals surface area contributed by atoms with Crippen molar-refractivity contribution in [2.75, 3.05) is 6.54 Å². The largest absolute Gasteiger partial charge is 0.322 e. The summed E-state index contributed by atoms with van der Waals surface area (Å²) < 4.78 is 0. The lowest BCUT2D eigenvalue weighted by atomic mass is 10.2. The first-order valence-corrected chi connectivity index (χ1v) is 5.06. The fraction of sp³-hybridized carbons (Fsp3) is 0.333. The zero-order chi connectivity index (χ0) is 10.7. The van der Waals surface area contributed by atoms with Gasteiger partial charge < -0.3 is 4.90 Å². The summed E-state index contributed by atoms with van der Waals surface area (Å²) in [4.78, 5) is 13.7. The van der Waals surface area contributed by atoms with Crippen LogP contribution in [0.15, 0.2) is 30.3 Å². The van der Waals surface area contributed by atoms with E-state index in [2.05, 4.69) is 0 Å². The van der Waals surface area contributed by atoms with Crippen molar-refractivity contribution >= 4 is 5.91 Å². The molecule has 0 spiro atoms. The monoisotopic (exact) mass is 200 g/mol. The minimum absolute atomic E-state index is 0.0281. The quantitative estimate of drug-likeness (QED) is 0.698. The minimum Gasteiger partial charge on any atom is -0.322 e. The number of amides is 1. The molecule has 1 aromatic carbocycles. The van der Waals surface area contributed by atoms with Gasteiger partial charge in [0.15, 0.2) is 0 Å². The topological polar surface area (TPSA) is 44.1 Å². The molecule has 1 aromatic rings. The molecule has 0 saturated heterocycles. The van der Waals surface area contributed by atoms with Crippen molar-refractivity contribution < 1.29 is 4.79 Å². The van der Waals surface area contributed by atoms with E-state index in [0.29, 0.717) is 5.56 Å². The third-order valence-corrected chi connectivity index (χ3v) is 2.51. The molecule has 0 aliphatic heterocycles. The Balaban J connectivity index is 2.15. The molecule has 76 valence electrons. The molecule has 3 heteroatoms. The highest BCUT2D eigenvalue weighted by Crippen LogP contribution is 2.27. The van der Waals surface area contributed by atoms with E-state index in [0.717, 1.165) is 12.8 Å². The molecule has 0 radical (unpaired) electrons. The number of carbonyl (C=O) groups is 1. The van der Waals surface area contributed by atoms with E-state index in [1.165, 1.54) is 0 Å². The third-order valence-electron chi connectivity index (χ3n) is 2.51. The van der Waals surface area contributed by atoms with Crippen LogP contribution in [0.5, 0.6) is 0 Å². The maximum absolute atomic E-state index is 12.0. The van der Waals surface area contributed by atoms with E-state index in [4.69, 9.17) is 5.26 Å². The maximum Gasteiger partial charge on any atom is 0.254 e. The van der Waals surface area contributed by atoms with Gasteiger partial charge in [-0.1, -0.05) is 18.2 Å². The molecule has 2 rings (SSSR count). The Morgan fingerprint density at radius 3 is 2.60 bits per heavy atom. The van der Waals surface area contributed by atoms with E-state index < -0.39 is 0 Å². The van der Waals surface area contributed by atoms with Crippen LogP contribution in [-0.2, 0) is 0 Å². The number of hydrogen-bond donors (Lipinski definition) is 0. The van der Waals surface area contributed by atoms with Gasteiger partial charge in [-0.3, -0.25) is 4.79 Å². The summed E-state index contributed by atoms with van der Waals surface area (Å²) in [5.74, 6) is -0.0281. The smallest absolute Gasteiger partial charge is 0.254 e. The number of rotatable bonds is 3. The van der Waals surface area contributed by atoms with Crippen molar-refractivity contribution in [1.29, 1.82) is 5.26 Å². The average molecular weight is 200 g/mol. The van der Waals surface area contributed by atoms with Crippen LogP contribution in [0.25, 0.3) is 0 Å². The van der Waals surface area contributed by atoms with E-state index in [1.807, 2.05) is 24.3 Å². The van der Waals surface area contributed by atoms with Crippen LogP contribution in [0.2, 0.25) is 0 Å². The molecular weight excluding hydrogens is 188 g/mol. The van der Waals surface area contributed by atoms with Gasteiger partial charge in [-0.25, -0.2) is 0 Å². The van der Waals surface area contributed by atoms with Crippen LogP contribution in [0.4, 0.5) is 0 Å². The SMILES string of the molecule is N#CCN(C(=O)c1ccccc1)C1CC1. The van der Waals surface area contributed by atoms with E-state index in [1.54, 1.807) is 17.0 Å². The number of carbonyl (C=O) groups excluding carboxylic acids is 1. The average Bonchev–Trinajstić information content (AvgIpc) is 3.10. The zero-order valence-electron chi connectivity index (χ0n) is 8.39. The zero-order valence-corrected chi connectivity index (χ0v) is 8.39. The van der Waals surface area contributed by atoms with Crippen LogP contribution in [0.3, 0.4) is 0 Å². The summed E-state index contributed by atoms with van der Waals surface area (Å²) in [5.41, 5.74) is 0.666. The highest BCUT2D eigenvalue weighted by atomic mass is 16.2. The molecule has 0 bridgehead atoms. The number of benzene rings is 1. The van der Waals surface area contributed by atoms with Gasteiger partial charge in [-0.05, 0) is 25.0 Å². The van der Waals surface area contributed by atoms with Crippen molar-refractivity contribution in [3.8, 4) is 6.07 Å². The Morgan fingerprint density at radius 1 is 1.40 bits per heavy atom. The fourth-order valence-electron chi connectivity index (χ4n) is 1.58. The van der Waals surface area contributed by atoms with Crippen molar-refractivity contribution in [1.82, 2.24) is 4.90 Å². The Bertz CT molecular complexity index is 390. The fourth-order valence-corrected chi connectivity index (χ4v) is 1.58. The van der Waals surface area contributed by atoms with E-state index in [9.17, 15) is 4.79 Å². The van der Waals surface area contributed by atoms with Crippen LogP contribution in [-0.4, -0.2) is 23.4 Å². The summed E-state index contributed by atoms with van der Waals surface area (Å²) in [6.45, 7) is 0.193. The van der Waals surface area contributed by atoms with Crippen LogP contribution < -0.4 is 0 Å². The molecule has 1 aliphatic carbocycles. The first-order valence-electron chi connectivity index (χ1n) is 5.06. The lowest BCUT2D eigenvalue weighted by molar-refractivity contribution is 0.0765. The van der Waals surface area contributed by atoms with Gasteiger partial charge in [0.05, 0.1) is 6.07 Å². The van der Waals surface area contributed by atoms with Gasteiger partial charge in [-0.2, -0.15) is 5.26 Å². The minimum atomic E-state index is -0.0281. The normalized spacial score (nSPS) is 14.3. The highest BCUT2D eigenvalue weighted by Gasteiger charge is 2.32. The number of hydrogen-bond acceptors (Lipinski definition) is 2. The van der Waals surface area contributed by atoms with Crippen LogP contribution >= 0.6 is 0 Å². The molecule has 0 heterocycles. The van der Waals surface area contributed by atoms with Gasteiger partial charge in [0.2, 0.25) is 0 Å². The van der Waals surface area contributed by atoms with Crippen molar-refractivity contribution in [2.24, 2.45) is 0 Å². The molecule has 3 nitrogen and oxygen atoms in total. The van der Waals surface area contributed by atoms with Crippen molar-refractivity contribution in [2.45, 2.75) is 18.9 Å². The summed E-state index contributed by atoms with van der Waals surface area (Å²) in [6, 6.07) is 11.5. The van der Waals surface area contributed by atoms with Gasteiger partial charge in [0.1, 0.15) is 6.54 Å². The molecule has 1 saturated carbocycles. The van der Waals surface area contributed by atoms with Crippen molar-refractivity contribution in [3.05, 3.63) is 35.9 Å². The summed E-state index contributed by atoms with van der Waals surface area (Å²) in [5, 5.41) is 8.67. The molecule has 15 heavy (non-hydrogen) atoms. The Morgan fingerprint density at radius 2 is 2.07 bits per heavy atom. The van der Waals surface area contributed by atoms with Gasteiger partial charge in [0, 0.05) is 11.6 Å². The summed E-state index contributed by atoms with van der Waals surface area (Å²) >= 11 is 0.